The number of hydrogen-bond acceptors (Lipinski definition) is 4. The zero-order valence-electron chi connectivity index (χ0n) is 15.5. The molecule has 4 aromatic rings. The van der Waals surface area contributed by atoms with Crippen LogP contribution >= 0.6 is 11.8 Å². The minimum atomic E-state index is -0.318. The highest BCUT2D eigenvalue weighted by molar-refractivity contribution is 7.98. The predicted molar refractivity (Wildman–Crippen MR) is 110 cm³/mol. The van der Waals surface area contributed by atoms with Crippen LogP contribution in [0.4, 0.5) is 0 Å². The molecule has 0 aliphatic carbocycles. The molecule has 136 valence electrons. The average molecular weight is 376 g/mol. The lowest BCUT2D eigenvalue weighted by atomic mass is 10.1. The standard InChI is InChI=1S/C22H20N2O2S/c1-14-5-7-19(16(3)10-14)24-9-8-23-22(24)27-13-17-12-21(25)26-20-11-15(2)4-6-18(17)20/h4-12H,13H2,1-3H3. The first-order valence-corrected chi connectivity index (χ1v) is 9.77. The van der Waals surface area contributed by atoms with Gasteiger partial charge in [-0.25, -0.2) is 9.78 Å². The first-order valence-electron chi connectivity index (χ1n) is 8.78. The fourth-order valence-corrected chi connectivity index (χ4v) is 4.21. The maximum absolute atomic E-state index is 11.9. The van der Waals surface area contributed by atoms with Crippen LogP contribution in [0, 0.1) is 20.8 Å². The highest BCUT2D eigenvalue weighted by atomic mass is 32.2. The van der Waals surface area contributed by atoms with Crippen LogP contribution in [-0.4, -0.2) is 9.55 Å². The Balaban J connectivity index is 1.67. The second-order valence-electron chi connectivity index (χ2n) is 6.75. The molecule has 0 saturated carbocycles. The Kier molecular flexibility index (Phi) is 4.62. The summed E-state index contributed by atoms with van der Waals surface area (Å²) in [6, 6.07) is 13.9. The van der Waals surface area contributed by atoms with Crippen molar-refractivity contribution in [3.63, 3.8) is 0 Å². The van der Waals surface area contributed by atoms with Gasteiger partial charge in [-0.2, -0.15) is 0 Å². The fourth-order valence-electron chi connectivity index (χ4n) is 3.25. The first kappa shape index (κ1) is 17.6. The number of nitrogens with zero attached hydrogens (tertiary/aromatic N) is 2. The Labute approximate surface area is 161 Å². The fraction of sp³-hybridized carbons (Fsp3) is 0.182. The Bertz CT molecular complexity index is 1190. The second-order valence-corrected chi connectivity index (χ2v) is 7.69. The Morgan fingerprint density at radius 1 is 1.04 bits per heavy atom. The number of rotatable bonds is 4. The van der Waals surface area contributed by atoms with Gasteiger partial charge in [-0.15, -0.1) is 0 Å². The van der Waals surface area contributed by atoms with Gasteiger partial charge in [0.15, 0.2) is 5.16 Å². The number of thioether (sulfide) groups is 1. The van der Waals surface area contributed by atoms with Crippen molar-refractivity contribution in [2.24, 2.45) is 0 Å². The van der Waals surface area contributed by atoms with Crippen LogP contribution < -0.4 is 5.63 Å². The first-order chi connectivity index (χ1) is 13.0. The summed E-state index contributed by atoms with van der Waals surface area (Å²) in [6.07, 6.45) is 3.78. The summed E-state index contributed by atoms with van der Waals surface area (Å²) in [6.45, 7) is 6.19. The van der Waals surface area contributed by atoms with Crippen molar-refractivity contribution in [2.75, 3.05) is 0 Å². The molecular weight excluding hydrogens is 356 g/mol. The van der Waals surface area contributed by atoms with Crippen molar-refractivity contribution in [1.29, 1.82) is 0 Å². The molecule has 0 radical (unpaired) electrons. The van der Waals surface area contributed by atoms with E-state index in [0.29, 0.717) is 11.3 Å². The maximum Gasteiger partial charge on any atom is 0.336 e. The molecule has 0 N–H and O–H groups in total. The molecule has 2 aromatic heterocycles. The van der Waals surface area contributed by atoms with Gasteiger partial charge < -0.3 is 4.42 Å². The second kappa shape index (κ2) is 7.08. The number of fused-ring (bicyclic) bond motifs is 1. The lowest BCUT2D eigenvalue weighted by Gasteiger charge is -2.11. The van der Waals surface area contributed by atoms with E-state index in [1.807, 2.05) is 37.5 Å². The van der Waals surface area contributed by atoms with Gasteiger partial charge in [0.05, 0.1) is 5.69 Å². The molecule has 0 unspecified atom stereocenters. The SMILES string of the molecule is Cc1ccc(-n2ccnc2SCc2cc(=O)oc3cc(C)ccc23)c(C)c1. The molecule has 0 atom stereocenters. The number of hydrogen-bond donors (Lipinski definition) is 0. The van der Waals surface area contributed by atoms with Gasteiger partial charge in [0.2, 0.25) is 0 Å². The lowest BCUT2D eigenvalue weighted by Crippen LogP contribution is -2.01. The van der Waals surface area contributed by atoms with E-state index in [-0.39, 0.29) is 5.63 Å². The highest BCUT2D eigenvalue weighted by Gasteiger charge is 2.11. The topological polar surface area (TPSA) is 48.0 Å². The largest absolute Gasteiger partial charge is 0.423 e. The molecule has 5 heteroatoms. The van der Waals surface area contributed by atoms with E-state index in [0.717, 1.165) is 27.4 Å². The van der Waals surface area contributed by atoms with Gasteiger partial charge in [0.25, 0.3) is 0 Å². The number of imidazole rings is 1. The minimum Gasteiger partial charge on any atom is -0.423 e. The zero-order valence-corrected chi connectivity index (χ0v) is 16.3. The van der Waals surface area contributed by atoms with Gasteiger partial charge in [0.1, 0.15) is 5.58 Å². The van der Waals surface area contributed by atoms with E-state index in [2.05, 4.69) is 41.6 Å². The van der Waals surface area contributed by atoms with Crippen molar-refractivity contribution in [3.05, 3.63) is 87.5 Å². The van der Waals surface area contributed by atoms with Crippen molar-refractivity contribution < 1.29 is 4.42 Å². The third-order valence-corrected chi connectivity index (χ3v) is 5.58. The van der Waals surface area contributed by atoms with Gasteiger partial charge in [0, 0.05) is 29.6 Å². The predicted octanol–water partition coefficient (Wildman–Crippen LogP) is 5.20. The quantitative estimate of drug-likeness (QED) is 0.363. The molecule has 0 bridgehead atoms. The molecule has 27 heavy (non-hydrogen) atoms. The van der Waals surface area contributed by atoms with Gasteiger partial charge >= 0.3 is 5.63 Å². The van der Waals surface area contributed by atoms with Crippen molar-refractivity contribution in [3.8, 4) is 5.69 Å². The van der Waals surface area contributed by atoms with E-state index < -0.39 is 0 Å². The molecule has 0 spiro atoms. The lowest BCUT2D eigenvalue weighted by molar-refractivity contribution is 0.559. The smallest absolute Gasteiger partial charge is 0.336 e. The molecule has 4 rings (SSSR count). The summed E-state index contributed by atoms with van der Waals surface area (Å²) in [7, 11) is 0. The summed E-state index contributed by atoms with van der Waals surface area (Å²) in [5.41, 5.74) is 5.91. The van der Waals surface area contributed by atoms with Crippen molar-refractivity contribution >= 4 is 22.7 Å². The molecule has 0 fully saturated rings. The Morgan fingerprint density at radius 3 is 2.63 bits per heavy atom. The van der Waals surface area contributed by atoms with E-state index in [9.17, 15) is 4.79 Å². The van der Waals surface area contributed by atoms with Gasteiger partial charge in [-0.05, 0) is 49.6 Å². The summed E-state index contributed by atoms with van der Waals surface area (Å²) < 4.78 is 7.45. The monoisotopic (exact) mass is 376 g/mol. The third kappa shape index (κ3) is 3.55. The van der Waals surface area contributed by atoms with E-state index in [1.165, 1.54) is 11.1 Å². The molecule has 0 saturated heterocycles. The minimum absolute atomic E-state index is 0.318. The summed E-state index contributed by atoms with van der Waals surface area (Å²) in [4.78, 5) is 16.5. The van der Waals surface area contributed by atoms with Crippen LogP contribution in [-0.2, 0) is 5.75 Å². The van der Waals surface area contributed by atoms with E-state index in [1.54, 1.807) is 17.8 Å². The van der Waals surface area contributed by atoms with Gasteiger partial charge in [-0.1, -0.05) is 41.6 Å². The molecule has 4 nitrogen and oxygen atoms in total. The highest BCUT2D eigenvalue weighted by Crippen LogP contribution is 2.28. The Morgan fingerprint density at radius 2 is 1.81 bits per heavy atom. The van der Waals surface area contributed by atoms with Crippen LogP contribution in [0.25, 0.3) is 16.7 Å². The molecule has 0 aliphatic rings. The molecule has 0 amide bonds. The zero-order chi connectivity index (χ0) is 19.0. The van der Waals surface area contributed by atoms with E-state index in [4.69, 9.17) is 4.42 Å². The van der Waals surface area contributed by atoms with Crippen LogP contribution in [0.15, 0.2) is 69.2 Å². The van der Waals surface area contributed by atoms with Gasteiger partial charge in [-0.3, -0.25) is 4.57 Å². The maximum atomic E-state index is 11.9. The van der Waals surface area contributed by atoms with E-state index >= 15 is 0 Å². The van der Waals surface area contributed by atoms with Crippen molar-refractivity contribution in [1.82, 2.24) is 9.55 Å². The summed E-state index contributed by atoms with van der Waals surface area (Å²) in [5, 5.41) is 1.87. The molecule has 0 aliphatic heterocycles. The molecule has 2 heterocycles. The van der Waals surface area contributed by atoms with Crippen LogP contribution in [0.5, 0.6) is 0 Å². The summed E-state index contributed by atoms with van der Waals surface area (Å²) >= 11 is 1.61. The molecule has 2 aromatic carbocycles. The average Bonchev–Trinajstić information content (AvgIpc) is 3.07. The number of aryl methyl sites for hydroxylation is 3. The normalized spacial score (nSPS) is 11.2. The van der Waals surface area contributed by atoms with Crippen LogP contribution in [0.2, 0.25) is 0 Å². The summed E-state index contributed by atoms with van der Waals surface area (Å²) in [5.74, 6) is 0.646. The number of benzene rings is 2. The Hall–Kier alpha value is -2.79. The van der Waals surface area contributed by atoms with Crippen LogP contribution in [0.3, 0.4) is 0 Å². The van der Waals surface area contributed by atoms with Crippen molar-refractivity contribution in [2.45, 2.75) is 31.7 Å². The third-order valence-electron chi connectivity index (χ3n) is 4.56. The number of aromatic nitrogens is 2. The van der Waals surface area contributed by atoms with Crippen LogP contribution in [0.1, 0.15) is 22.3 Å². The molecular formula is C22H20N2O2S.